The number of ether oxygens (including phenoxy) is 1. The molecule has 2 aromatic rings. The summed E-state index contributed by atoms with van der Waals surface area (Å²) in [4.78, 5) is 51.2. The number of carbonyl (C=O) groups excluding carboxylic acids is 4. The van der Waals surface area contributed by atoms with Crippen LogP contribution in [0.1, 0.15) is 46.5 Å². The van der Waals surface area contributed by atoms with Crippen molar-refractivity contribution in [3.05, 3.63) is 59.2 Å². The minimum Gasteiger partial charge on any atom is -0.462 e. The standard InChI is InChI=1S/C22H22N2O5/c1-4-17(24-18-13(3)8-6-11-16(18)19(25)21(24)27)20(26)23-15-10-7-9-14(12-15)22(28)29-5-2/h6-12,17H,4-5H2,1-3H3,(H,23,26). The van der Waals surface area contributed by atoms with Crippen LogP contribution in [0.25, 0.3) is 0 Å². The zero-order valence-electron chi connectivity index (χ0n) is 16.5. The molecular weight excluding hydrogens is 372 g/mol. The van der Waals surface area contributed by atoms with Crippen molar-refractivity contribution in [3.63, 3.8) is 0 Å². The van der Waals surface area contributed by atoms with Crippen molar-refractivity contribution in [2.45, 2.75) is 33.2 Å². The van der Waals surface area contributed by atoms with Gasteiger partial charge in [0.1, 0.15) is 6.04 Å². The fourth-order valence-electron chi connectivity index (χ4n) is 3.43. The second kappa shape index (κ2) is 8.26. The summed E-state index contributed by atoms with van der Waals surface area (Å²) in [5, 5.41) is 2.74. The van der Waals surface area contributed by atoms with Crippen molar-refractivity contribution in [1.29, 1.82) is 0 Å². The summed E-state index contributed by atoms with van der Waals surface area (Å²) in [7, 11) is 0. The number of benzene rings is 2. The molecule has 0 fully saturated rings. The van der Waals surface area contributed by atoms with Crippen molar-refractivity contribution in [2.24, 2.45) is 0 Å². The highest BCUT2D eigenvalue weighted by Crippen LogP contribution is 2.34. The highest BCUT2D eigenvalue weighted by molar-refractivity contribution is 6.53. The van der Waals surface area contributed by atoms with Crippen LogP contribution in [-0.2, 0) is 14.3 Å². The van der Waals surface area contributed by atoms with Gasteiger partial charge in [-0.1, -0.05) is 25.1 Å². The Balaban J connectivity index is 1.88. The summed E-state index contributed by atoms with van der Waals surface area (Å²) >= 11 is 0. The molecule has 7 heteroatoms. The highest BCUT2D eigenvalue weighted by atomic mass is 16.5. The Morgan fingerprint density at radius 3 is 2.52 bits per heavy atom. The maximum absolute atomic E-state index is 13.0. The SMILES string of the molecule is CCOC(=O)c1cccc(NC(=O)C(CC)N2C(=O)C(=O)c3cccc(C)c32)c1. The second-order valence-corrected chi connectivity index (χ2v) is 6.69. The zero-order chi connectivity index (χ0) is 21.1. The molecule has 0 aromatic heterocycles. The molecule has 2 aromatic carbocycles. The van der Waals surface area contributed by atoms with Crippen molar-refractivity contribution < 1.29 is 23.9 Å². The van der Waals surface area contributed by atoms with Crippen LogP contribution < -0.4 is 10.2 Å². The molecule has 0 radical (unpaired) electrons. The number of aryl methyl sites for hydroxylation is 1. The Hall–Kier alpha value is -3.48. The number of nitrogens with zero attached hydrogens (tertiary/aromatic N) is 1. The molecule has 1 unspecified atom stereocenters. The molecule has 1 aliphatic rings. The summed E-state index contributed by atoms with van der Waals surface area (Å²) < 4.78 is 4.97. The zero-order valence-corrected chi connectivity index (χ0v) is 16.5. The van der Waals surface area contributed by atoms with Crippen LogP contribution >= 0.6 is 0 Å². The number of ketones is 1. The number of amides is 2. The quantitative estimate of drug-likeness (QED) is 0.600. The van der Waals surface area contributed by atoms with E-state index in [2.05, 4.69) is 5.32 Å². The predicted octanol–water partition coefficient (Wildman–Crippen LogP) is 3.12. The van der Waals surface area contributed by atoms with E-state index in [4.69, 9.17) is 4.74 Å². The van der Waals surface area contributed by atoms with Crippen LogP contribution in [0, 0.1) is 6.92 Å². The third-order valence-electron chi connectivity index (χ3n) is 4.78. The van der Waals surface area contributed by atoms with Gasteiger partial charge in [0.05, 0.1) is 23.4 Å². The van der Waals surface area contributed by atoms with Crippen LogP contribution in [0.2, 0.25) is 0 Å². The molecular formula is C22H22N2O5. The van der Waals surface area contributed by atoms with Crippen LogP contribution in [0.4, 0.5) is 11.4 Å². The van der Waals surface area contributed by atoms with E-state index in [0.29, 0.717) is 28.9 Å². The number of hydrogen-bond acceptors (Lipinski definition) is 5. The Bertz CT molecular complexity index is 998. The first-order valence-corrected chi connectivity index (χ1v) is 9.44. The number of anilines is 2. The minimum absolute atomic E-state index is 0.247. The number of fused-ring (bicyclic) bond motifs is 1. The first-order chi connectivity index (χ1) is 13.9. The lowest BCUT2D eigenvalue weighted by Crippen LogP contribution is -2.46. The van der Waals surface area contributed by atoms with E-state index in [1.807, 2.05) is 0 Å². The maximum Gasteiger partial charge on any atom is 0.338 e. The predicted molar refractivity (Wildman–Crippen MR) is 108 cm³/mol. The molecule has 1 atom stereocenters. The van der Waals surface area contributed by atoms with Crippen LogP contribution in [0.5, 0.6) is 0 Å². The molecule has 1 N–H and O–H groups in total. The van der Waals surface area contributed by atoms with Gasteiger partial charge in [-0.2, -0.15) is 0 Å². The van der Waals surface area contributed by atoms with Crippen LogP contribution in [0.3, 0.4) is 0 Å². The van der Waals surface area contributed by atoms with Crippen molar-refractivity contribution >= 4 is 34.9 Å². The van der Waals surface area contributed by atoms with E-state index in [-0.39, 0.29) is 6.61 Å². The van der Waals surface area contributed by atoms with Gasteiger partial charge >= 0.3 is 5.97 Å². The molecule has 7 nitrogen and oxygen atoms in total. The number of carbonyl (C=O) groups is 4. The van der Waals surface area contributed by atoms with Crippen molar-refractivity contribution in [3.8, 4) is 0 Å². The average Bonchev–Trinajstić information content (AvgIpc) is 2.95. The topological polar surface area (TPSA) is 92.8 Å². The van der Waals surface area contributed by atoms with Crippen molar-refractivity contribution in [1.82, 2.24) is 0 Å². The minimum atomic E-state index is -0.861. The number of hydrogen-bond donors (Lipinski definition) is 1. The molecule has 0 bridgehead atoms. The monoisotopic (exact) mass is 394 g/mol. The van der Waals surface area contributed by atoms with E-state index in [0.717, 1.165) is 5.56 Å². The van der Waals surface area contributed by atoms with Gasteiger partial charge in [-0.25, -0.2) is 4.79 Å². The van der Waals surface area contributed by atoms with Gasteiger partial charge in [-0.05, 0) is 50.1 Å². The summed E-state index contributed by atoms with van der Waals surface area (Å²) in [6, 6.07) is 10.6. The summed E-state index contributed by atoms with van der Waals surface area (Å²) in [5.74, 6) is -2.25. The fourth-order valence-corrected chi connectivity index (χ4v) is 3.43. The summed E-state index contributed by atoms with van der Waals surface area (Å²) in [6.45, 7) is 5.53. The van der Waals surface area contributed by atoms with Gasteiger partial charge in [0.2, 0.25) is 5.91 Å². The average molecular weight is 394 g/mol. The van der Waals surface area contributed by atoms with E-state index in [1.54, 1.807) is 57.2 Å². The normalized spacial score (nSPS) is 13.8. The molecule has 0 aliphatic carbocycles. The number of rotatable bonds is 6. The number of nitrogens with one attached hydrogen (secondary N) is 1. The molecule has 0 saturated heterocycles. The van der Waals surface area contributed by atoms with Gasteiger partial charge in [0.25, 0.3) is 11.7 Å². The van der Waals surface area contributed by atoms with E-state index < -0.39 is 29.6 Å². The van der Waals surface area contributed by atoms with E-state index in [1.165, 1.54) is 11.0 Å². The van der Waals surface area contributed by atoms with Gasteiger partial charge in [-0.15, -0.1) is 0 Å². The van der Waals surface area contributed by atoms with Crippen LogP contribution in [0.15, 0.2) is 42.5 Å². The number of esters is 1. The molecule has 3 rings (SSSR count). The Morgan fingerprint density at radius 2 is 1.83 bits per heavy atom. The third-order valence-corrected chi connectivity index (χ3v) is 4.78. The van der Waals surface area contributed by atoms with E-state index in [9.17, 15) is 19.2 Å². The molecule has 1 aliphatic heterocycles. The summed E-state index contributed by atoms with van der Waals surface area (Å²) in [5.41, 5.74) is 2.25. The largest absolute Gasteiger partial charge is 0.462 e. The first kappa shape index (κ1) is 20.3. The Labute approximate surface area is 168 Å². The summed E-state index contributed by atoms with van der Waals surface area (Å²) in [6.07, 6.45) is 0.316. The van der Waals surface area contributed by atoms with Gasteiger partial charge in [0.15, 0.2) is 0 Å². The number of Topliss-reactive ketones (excluding diaryl/α,β-unsaturated/α-hetero) is 1. The lowest BCUT2D eigenvalue weighted by molar-refractivity contribution is -0.121. The lowest BCUT2D eigenvalue weighted by Gasteiger charge is -2.27. The molecule has 29 heavy (non-hydrogen) atoms. The molecule has 1 heterocycles. The molecule has 0 spiro atoms. The highest BCUT2D eigenvalue weighted by Gasteiger charge is 2.42. The Kier molecular flexibility index (Phi) is 5.77. The Morgan fingerprint density at radius 1 is 1.10 bits per heavy atom. The van der Waals surface area contributed by atoms with Gasteiger partial charge in [0, 0.05) is 5.69 Å². The van der Waals surface area contributed by atoms with Crippen molar-refractivity contribution in [2.75, 3.05) is 16.8 Å². The lowest BCUT2D eigenvalue weighted by atomic mass is 10.1. The van der Waals surface area contributed by atoms with Gasteiger partial charge < -0.3 is 10.1 Å². The number of para-hydroxylation sites is 1. The van der Waals surface area contributed by atoms with E-state index >= 15 is 0 Å². The van der Waals surface area contributed by atoms with Crippen LogP contribution in [-0.4, -0.2) is 36.2 Å². The maximum atomic E-state index is 13.0. The second-order valence-electron chi connectivity index (χ2n) is 6.69. The molecule has 150 valence electrons. The molecule has 0 saturated carbocycles. The fraction of sp³-hybridized carbons (Fsp3) is 0.273. The third kappa shape index (κ3) is 3.76. The van der Waals surface area contributed by atoms with Gasteiger partial charge in [-0.3, -0.25) is 19.3 Å². The molecule has 2 amide bonds. The smallest absolute Gasteiger partial charge is 0.338 e. The first-order valence-electron chi connectivity index (χ1n) is 9.44.